The van der Waals surface area contributed by atoms with Gasteiger partial charge in [0.15, 0.2) is 0 Å². The molecule has 1 aromatic rings. The van der Waals surface area contributed by atoms with Crippen LogP contribution in [0.1, 0.15) is 12.5 Å². The van der Waals surface area contributed by atoms with Gasteiger partial charge < -0.3 is 14.7 Å². The Hall–Kier alpha value is -1.55. The first-order chi connectivity index (χ1) is 8.13. The highest BCUT2D eigenvalue weighted by Gasteiger charge is 2.12. The Morgan fingerprint density at radius 3 is 2.65 bits per heavy atom. The van der Waals surface area contributed by atoms with Crippen molar-refractivity contribution in [1.82, 2.24) is 4.90 Å². The van der Waals surface area contributed by atoms with Crippen LogP contribution in [0.2, 0.25) is 0 Å². The first kappa shape index (κ1) is 13.5. The van der Waals surface area contributed by atoms with E-state index in [2.05, 4.69) is 0 Å². The second-order valence-corrected chi connectivity index (χ2v) is 4.21. The van der Waals surface area contributed by atoms with Gasteiger partial charge in [0.05, 0.1) is 0 Å². The molecule has 0 aliphatic carbocycles. The van der Waals surface area contributed by atoms with E-state index in [1.807, 2.05) is 37.3 Å². The van der Waals surface area contributed by atoms with Crippen molar-refractivity contribution >= 4 is 6.09 Å². The van der Waals surface area contributed by atoms with Crippen LogP contribution < -0.4 is 0 Å². The van der Waals surface area contributed by atoms with E-state index in [0.29, 0.717) is 6.54 Å². The zero-order valence-corrected chi connectivity index (χ0v) is 10.3. The lowest BCUT2D eigenvalue weighted by atomic mass is 10.2. The normalized spacial score (nSPS) is 11.9. The third-order valence-electron chi connectivity index (χ3n) is 2.41. The molecule has 0 heterocycles. The highest BCUT2D eigenvalue weighted by atomic mass is 16.6. The first-order valence-electron chi connectivity index (χ1n) is 5.66. The SMILES string of the molecule is CC(CO)CN(C)C(=O)OCc1ccccc1. The fourth-order valence-corrected chi connectivity index (χ4v) is 1.43. The number of hydrogen-bond donors (Lipinski definition) is 1. The van der Waals surface area contributed by atoms with Gasteiger partial charge in [-0.25, -0.2) is 4.79 Å². The molecule has 0 fully saturated rings. The molecule has 17 heavy (non-hydrogen) atoms. The summed E-state index contributed by atoms with van der Waals surface area (Å²) in [6.07, 6.45) is -0.367. The molecule has 4 nitrogen and oxygen atoms in total. The van der Waals surface area contributed by atoms with Crippen LogP contribution in [0.15, 0.2) is 30.3 Å². The smallest absolute Gasteiger partial charge is 0.409 e. The second kappa shape index (κ2) is 6.91. The minimum atomic E-state index is -0.367. The molecule has 4 heteroatoms. The lowest BCUT2D eigenvalue weighted by molar-refractivity contribution is 0.0953. The molecular weight excluding hydrogens is 218 g/mol. The maximum atomic E-state index is 11.6. The molecule has 1 aromatic carbocycles. The minimum Gasteiger partial charge on any atom is -0.445 e. The van der Waals surface area contributed by atoms with Crippen LogP contribution in [0.25, 0.3) is 0 Å². The molecule has 0 saturated carbocycles. The molecule has 94 valence electrons. The zero-order chi connectivity index (χ0) is 12.7. The third-order valence-corrected chi connectivity index (χ3v) is 2.41. The van der Waals surface area contributed by atoms with Crippen molar-refractivity contribution in [1.29, 1.82) is 0 Å². The van der Waals surface area contributed by atoms with Crippen LogP contribution in [-0.4, -0.2) is 36.3 Å². The van der Waals surface area contributed by atoms with Gasteiger partial charge >= 0.3 is 6.09 Å². The predicted molar refractivity (Wildman–Crippen MR) is 65.5 cm³/mol. The maximum Gasteiger partial charge on any atom is 0.409 e. The third kappa shape index (κ3) is 4.87. The Bertz CT molecular complexity index is 340. The topological polar surface area (TPSA) is 49.8 Å². The van der Waals surface area contributed by atoms with E-state index in [1.54, 1.807) is 7.05 Å². The number of aliphatic hydroxyl groups is 1. The van der Waals surface area contributed by atoms with E-state index in [0.717, 1.165) is 5.56 Å². The molecule has 0 bridgehead atoms. The number of amides is 1. The molecule has 1 atom stereocenters. The van der Waals surface area contributed by atoms with Gasteiger partial charge in [0, 0.05) is 20.2 Å². The van der Waals surface area contributed by atoms with Crippen LogP contribution in [0.5, 0.6) is 0 Å². The molecular formula is C13H19NO3. The van der Waals surface area contributed by atoms with Crippen LogP contribution in [0.4, 0.5) is 4.79 Å². The number of rotatable bonds is 5. The van der Waals surface area contributed by atoms with Gasteiger partial charge in [-0.3, -0.25) is 0 Å². The number of nitrogens with zero attached hydrogens (tertiary/aromatic N) is 1. The van der Waals surface area contributed by atoms with Crippen molar-refractivity contribution in [2.45, 2.75) is 13.5 Å². The Morgan fingerprint density at radius 2 is 2.06 bits per heavy atom. The monoisotopic (exact) mass is 237 g/mol. The maximum absolute atomic E-state index is 11.6. The fraction of sp³-hybridized carbons (Fsp3) is 0.462. The largest absolute Gasteiger partial charge is 0.445 e. The van der Waals surface area contributed by atoms with Crippen LogP contribution in [-0.2, 0) is 11.3 Å². The molecule has 0 aromatic heterocycles. The van der Waals surface area contributed by atoms with Crippen LogP contribution in [0, 0.1) is 5.92 Å². The summed E-state index contributed by atoms with van der Waals surface area (Å²) in [6, 6.07) is 9.54. The summed E-state index contributed by atoms with van der Waals surface area (Å²) < 4.78 is 5.14. The van der Waals surface area contributed by atoms with E-state index < -0.39 is 0 Å². The Labute approximate surface area is 102 Å². The van der Waals surface area contributed by atoms with Crippen molar-refractivity contribution in [3.05, 3.63) is 35.9 Å². The van der Waals surface area contributed by atoms with Gasteiger partial charge in [0.2, 0.25) is 0 Å². The first-order valence-corrected chi connectivity index (χ1v) is 5.66. The van der Waals surface area contributed by atoms with Crippen molar-refractivity contribution in [2.75, 3.05) is 20.2 Å². The molecule has 0 saturated heterocycles. The molecule has 1 N–H and O–H groups in total. The van der Waals surface area contributed by atoms with E-state index >= 15 is 0 Å². The average molecular weight is 237 g/mol. The Balaban J connectivity index is 2.34. The number of ether oxygens (including phenoxy) is 1. The summed E-state index contributed by atoms with van der Waals surface area (Å²) in [5.74, 6) is 0.0595. The molecule has 0 aliphatic rings. The number of benzene rings is 1. The van der Waals surface area contributed by atoms with Gasteiger partial charge in [0.25, 0.3) is 0 Å². The van der Waals surface area contributed by atoms with Crippen molar-refractivity contribution in [3.8, 4) is 0 Å². The van der Waals surface area contributed by atoms with Gasteiger partial charge in [-0.2, -0.15) is 0 Å². The Kier molecular flexibility index (Phi) is 5.49. The number of hydrogen-bond acceptors (Lipinski definition) is 3. The molecule has 1 unspecified atom stereocenters. The highest BCUT2D eigenvalue weighted by Crippen LogP contribution is 2.04. The van der Waals surface area contributed by atoms with Crippen molar-refractivity contribution in [3.63, 3.8) is 0 Å². The summed E-state index contributed by atoms with van der Waals surface area (Å²) in [4.78, 5) is 13.1. The number of carbonyl (C=O) groups excluding carboxylic acids is 1. The van der Waals surface area contributed by atoms with Crippen LogP contribution in [0.3, 0.4) is 0 Å². The fourth-order valence-electron chi connectivity index (χ4n) is 1.43. The summed E-state index contributed by atoms with van der Waals surface area (Å²) in [7, 11) is 1.67. The standard InChI is InChI=1S/C13H19NO3/c1-11(9-15)8-14(2)13(16)17-10-12-6-4-3-5-7-12/h3-7,11,15H,8-10H2,1-2H3. The van der Waals surface area contributed by atoms with E-state index in [4.69, 9.17) is 9.84 Å². The predicted octanol–water partition coefficient (Wildman–Crippen LogP) is 1.88. The average Bonchev–Trinajstić information content (AvgIpc) is 2.36. The highest BCUT2D eigenvalue weighted by molar-refractivity contribution is 5.67. The molecule has 0 spiro atoms. The van der Waals surface area contributed by atoms with E-state index in [9.17, 15) is 4.79 Å². The quantitative estimate of drug-likeness (QED) is 0.850. The number of aliphatic hydroxyl groups excluding tert-OH is 1. The molecule has 0 aliphatic heterocycles. The molecule has 1 amide bonds. The summed E-state index contributed by atoms with van der Waals surface area (Å²) in [5, 5.41) is 8.89. The van der Waals surface area contributed by atoms with E-state index in [1.165, 1.54) is 4.90 Å². The van der Waals surface area contributed by atoms with Crippen molar-refractivity contribution in [2.24, 2.45) is 5.92 Å². The molecule has 0 radical (unpaired) electrons. The zero-order valence-electron chi connectivity index (χ0n) is 10.3. The lowest BCUT2D eigenvalue weighted by Gasteiger charge is -2.19. The summed E-state index contributed by atoms with van der Waals surface area (Å²) >= 11 is 0. The Morgan fingerprint density at radius 1 is 1.41 bits per heavy atom. The second-order valence-electron chi connectivity index (χ2n) is 4.21. The van der Waals surface area contributed by atoms with Gasteiger partial charge in [-0.1, -0.05) is 37.3 Å². The lowest BCUT2D eigenvalue weighted by Crippen LogP contribution is -2.32. The van der Waals surface area contributed by atoms with Crippen LogP contribution >= 0.6 is 0 Å². The van der Waals surface area contributed by atoms with Gasteiger partial charge in [0.1, 0.15) is 6.61 Å². The van der Waals surface area contributed by atoms with Gasteiger partial charge in [-0.05, 0) is 11.5 Å². The summed E-state index contributed by atoms with van der Waals surface area (Å²) in [6.45, 7) is 2.71. The van der Waals surface area contributed by atoms with E-state index in [-0.39, 0.29) is 25.2 Å². The minimum absolute atomic E-state index is 0.0595. The van der Waals surface area contributed by atoms with Crippen molar-refractivity contribution < 1.29 is 14.6 Å². The summed E-state index contributed by atoms with van der Waals surface area (Å²) in [5.41, 5.74) is 0.962. The molecule has 1 rings (SSSR count). The van der Waals surface area contributed by atoms with Gasteiger partial charge in [-0.15, -0.1) is 0 Å². The number of carbonyl (C=O) groups is 1.